The number of aryl methyl sites for hydroxylation is 1. The van der Waals surface area contributed by atoms with E-state index < -0.39 is 0 Å². The van der Waals surface area contributed by atoms with Crippen LogP contribution < -0.4 is 15.1 Å². The van der Waals surface area contributed by atoms with Crippen molar-refractivity contribution in [3.05, 3.63) is 42.0 Å². The van der Waals surface area contributed by atoms with E-state index in [-0.39, 0.29) is 11.8 Å². The Morgan fingerprint density at radius 1 is 1.00 bits per heavy atom. The van der Waals surface area contributed by atoms with Crippen molar-refractivity contribution >= 4 is 23.4 Å². The fourth-order valence-electron chi connectivity index (χ4n) is 3.56. The molecule has 3 heterocycles. The maximum atomic E-state index is 13.3. The minimum absolute atomic E-state index is 0.219. The third-order valence-corrected chi connectivity index (χ3v) is 5.11. The molecule has 4 rings (SSSR count). The van der Waals surface area contributed by atoms with Crippen LogP contribution in [0.5, 0.6) is 0 Å². The molecule has 8 nitrogen and oxygen atoms in total. The summed E-state index contributed by atoms with van der Waals surface area (Å²) in [6.07, 6.45) is 0. The number of hydrogen-bond donors (Lipinski definition) is 1. The molecule has 0 saturated carbocycles. The molecule has 2 aliphatic heterocycles. The summed E-state index contributed by atoms with van der Waals surface area (Å²) in [5.41, 5.74) is 0.457. The first-order valence-corrected chi connectivity index (χ1v) is 9.83. The van der Waals surface area contributed by atoms with Crippen LogP contribution >= 0.6 is 0 Å². The minimum Gasteiger partial charge on any atom is -0.378 e. The van der Waals surface area contributed by atoms with Crippen LogP contribution in [-0.4, -0.2) is 73.4 Å². The van der Waals surface area contributed by atoms with Crippen LogP contribution in [0.15, 0.2) is 30.3 Å². The highest BCUT2D eigenvalue weighted by Gasteiger charge is 2.23. The number of urea groups is 1. The number of nitrogens with zero attached hydrogens (tertiary/aromatic N) is 5. The molecule has 154 valence electrons. The smallest absolute Gasteiger partial charge is 0.321 e. The number of amides is 2. The lowest BCUT2D eigenvalue weighted by atomic mass is 10.3. The van der Waals surface area contributed by atoms with Crippen molar-refractivity contribution in [3.63, 3.8) is 0 Å². The summed E-state index contributed by atoms with van der Waals surface area (Å²) in [5.74, 6) is 2.16. The van der Waals surface area contributed by atoms with Crippen LogP contribution in [0.4, 0.5) is 26.5 Å². The van der Waals surface area contributed by atoms with Gasteiger partial charge in [0.25, 0.3) is 0 Å². The highest BCUT2D eigenvalue weighted by molar-refractivity contribution is 5.89. The molecule has 29 heavy (non-hydrogen) atoms. The summed E-state index contributed by atoms with van der Waals surface area (Å²) in [5, 5.41) is 2.75. The molecule has 2 saturated heterocycles. The molecule has 0 spiro atoms. The van der Waals surface area contributed by atoms with Gasteiger partial charge in [-0.2, -0.15) is 0 Å². The molecule has 0 bridgehead atoms. The van der Waals surface area contributed by atoms with Crippen LogP contribution in [0.2, 0.25) is 0 Å². The van der Waals surface area contributed by atoms with Gasteiger partial charge in [-0.1, -0.05) is 6.07 Å². The molecule has 0 atom stereocenters. The van der Waals surface area contributed by atoms with Gasteiger partial charge in [-0.25, -0.2) is 19.2 Å². The van der Waals surface area contributed by atoms with Gasteiger partial charge >= 0.3 is 6.03 Å². The average molecular weight is 400 g/mol. The molecular weight excluding hydrogens is 375 g/mol. The number of aromatic nitrogens is 2. The lowest BCUT2D eigenvalue weighted by Gasteiger charge is -2.36. The number of benzene rings is 1. The van der Waals surface area contributed by atoms with Gasteiger partial charge in [-0.15, -0.1) is 0 Å². The van der Waals surface area contributed by atoms with Crippen LogP contribution in [0.3, 0.4) is 0 Å². The van der Waals surface area contributed by atoms with Gasteiger partial charge in [0.1, 0.15) is 23.3 Å². The normalized spacial score (nSPS) is 17.4. The van der Waals surface area contributed by atoms with E-state index in [2.05, 4.69) is 25.1 Å². The Labute approximate surface area is 169 Å². The van der Waals surface area contributed by atoms with Crippen molar-refractivity contribution in [2.75, 3.05) is 67.6 Å². The van der Waals surface area contributed by atoms with Crippen LogP contribution in [-0.2, 0) is 4.74 Å². The molecular formula is C20H25FN6O2. The molecule has 2 amide bonds. The van der Waals surface area contributed by atoms with Crippen molar-refractivity contribution in [1.82, 2.24) is 14.9 Å². The van der Waals surface area contributed by atoms with E-state index in [0.29, 0.717) is 45.1 Å². The van der Waals surface area contributed by atoms with Crippen molar-refractivity contribution in [2.45, 2.75) is 6.92 Å². The average Bonchev–Trinajstić information content (AvgIpc) is 2.74. The van der Waals surface area contributed by atoms with E-state index in [9.17, 15) is 9.18 Å². The number of carbonyl (C=O) groups is 1. The highest BCUT2D eigenvalue weighted by Crippen LogP contribution is 2.21. The maximum Gasteiger partial charge on any atom is 0.321 e. The highest BCUT2D eigenvalue weighted by atomic mass is 19.1. The summed E-state index contributed by atoms with van der Waals surface area (Å²) < 4.78 is 18.7. The fourth-order valence-corrected chi connectivity index (χ4v) is 3.56. The Balaban J connectivity index is 1.38. The predicted octanol–water partition coefficient (Wildman–Crippen LogP) is 2.11. The second-order valence-electron chi connectivity index (χ2n) is 7.15. The zero-order valence-electron chi connectivity index (χ0n) is 16.5. The lowest BCUT2D eigenvalue weighted by molar-refractivity contribution is 0.122. The van der Waals surface area contributed by atoms with E-state index in [1.165, 1.54) is 12.1 Å². The second-order valence-corrected chi connectivity index (χ2v) is 7.15. The monoisotopic (exact) mass is 400 g/mol. The Morgan fingerprint density at radius 2 is 1.66 bits per heavy atom. The van der Waals surface area contributed by atoms with Gasteiger partial charge < -0.3 is 24.8 Å². The lowest BCUT2D eigenvalue weighted by Crippen LogP contribution is -2.50. The van der Waals surface area contributed by atoms with E-state index in [1.54, 1.807) is 17.0 Å². The molecule has 2 aliphatic rings. The zero-order valence-corrected chi connectivity index (χ0v) is 16.5. The summed E-state index contributed by atoms with van der Waals surface area (Å²) in [7, 11) is 0. The zero-order chi connectivity index (χ0) is 20.2. The van der Waals surface area contributed by atoms with Gasteiger partial charge in [-0.3, -0.25) is 0 Å². The van der Waals surface area contributed by atoms with Crippen molar-refractivity contribution < 1.29 is 13.9 Å². The van der Waals surface area contributed by atoms with Gasteiger partial charge in [-0.05, 0) is 25.1 Å². The van der Waals surface area contributed by atoms with Gasteiger partial charge in [0.05, 0.1) is 13.2 Å². The first-order chi connectivity index (χ1) is 14.1. The summed E-state index contributed by atoms with van der Waals surface area (Å²) in [4.78, 5) is 27.8. The molecule has 0 radical (unpaired) electrons. The number of halogens is 1. The first-order valence-electron chi connectivity index (χ1n) is 9.83. The maximum absolute atomic E-state index is 13.3. The van der Waals surface area contributed by atoms with Crippen LogP contribution in [0.1, 0.15) is 5.82 Å². The molecule has 1 aromatic heterocycles. The molecule has 2 fully saturated rings. The molecule has 2 aromatic rings. The first kappa shape index (κ1) is 19.4. The second kappa shape index (κ2) is 8.60. The van der Waals surface area contributed by atoms with Crippen molar-refractivity contribution in [1.29, 1.82) is 0 Å². The summed E-state index contributed by atoms with van der Waals surface area (Å²) in [6, 6.07) is 7.71. The topological polar surface area (TPSA) is 73.8 Å². The minimum atomic E-state index is -0.372. The van der Waals surface area contributed by atoms with E-state index in [0.717, 1.165) is 30.5 Å². The van der Waals surface area contributed by atoms with E-state index in [4.69, 9.17) is 4.74 Å². The molecule has 1 N–H and O–H groups in total. The summed E-state index contributed by atoms with van der Waals surface area (Å²) >= 11 is 0. The van der Waals surface area contributed by atoms with Crippen molar-refractivity contribution in [3.8, 4) is 0 Å². The SMILES string of the molecule is Cc1nc(N2CCOCC2)cc(N2CCN(C(=O)Nc3cccc(F)c3)CC2)n1. The Morgan fingerprint density at radius 3 is 2.31 bits per heavy atom. The number of piperazine rings is 1. The Kier molecular flexibility index (Phi) is 5.75. The molecule has 9 heteroatoms. The summed E-state index contributed by atoms with van der Waals surface area (Å²) in [6.45, 7) is 7.44. The molecule has 0 aliphatic carbocycles. The number of ether oxygens (including phenoxy) is 1. The van der Waals surface area contributed by atoms with E-state index >= 15 is 0 Å². The Bertz CT molecular complexity index is 866. The Hall–Kier alpha value is -2.94. The number of carbonyl (C=O) groups excluding carboxylic acids is 1. The molecule has 1 aromatic carbocycles. The van der Waals surface area contributed by atoms with Crippen molar-refractivity contribution in [2.24, 2.45) is 0 Å². The number of anilines is 3. The standard InChI is InChI=1S/C20H25FN6O2/c1-15-22-18(14-19(23-15)26-9-11-29-12-10-26)25-5-7-27(8-6-25)20(28)24-17-4-2-3-16(21)13-17/h2-4,13-14H,5-12H2,1H3,(H,24,28). The number of morpholine rings is 1. The number of nitrogens with one attached hydrogen (secondary N) is 1. The van der Waals surface area contributed by atoms with Gasteiger partial charge in [0, 0.05) is 51.0 Å². The van der Waals surface area contributed by atoms with Gasteiger partial charge in [0.2, 0.25) is 0 Å². The largest absolute Gasteiger partial charge is 0.378 e. The van der Waals surface area contributed by atoms with Gasteiger partial charge in [0.15, 0.2) is 0 Å². The number of hydrogen-bond acceptors (Lipinski definition) is 6. The predicted molar refractivity (Wildman–Crippen MR) is 109 cm³/mol. The third-order valence-electron chi connectivity index (χ3n) is 5.11. The number of rotatable bonds is 3. The quantitative estimate of drug-likeness (QED) is 0.851. The third kappa shape index (κ3) is 4.73. The molecule has 0 unspecified atom stereocenters. The fraction of sp³-hybridized carbons (Fsp3) is 0.450. The van der Waals surface area contributed by atoms with Crippen LogP contribution in [0.25, 0.3) is 0 Å². The van der Waals surface area contributed by atoms with E-state index in [1.807, 2.05) is 13.0 Å². The van der Waals surface area contributed by atoms with Crippen LogP contribution in [0, 0.1) is 12.7 Å².